The van der Waals surface area contributed by atoms with Crippen molar-refractivity contribution in [2.45, 2.75) is 0 Å². The molecular formula is C7H5ClN2O. The first-order valence-electron chi connectivity index (χ1n) is 2.94. The SMILES string of the molecule is O=CC=Cc1ccc(Cl)nn1. The standard InChI is InChI=1S/C7H5ClN2O/c8-7-4-3-6(9-10-7)2-1-5-11/h1-5H. The third-order valence-corrected chi connectivity index (χ3v) is 1.20. The van der Waals surface area contributed by atoms with Crippen LogP contribution in [-0.2, 0) is 4.79 Å². The number of aldehydes is 1. The fraction of sp³-hybridized carbons (Fsp3) is 0. The molecule has 0 saturated carbocycles. The van der Waals surface area contributed by atoms with Gasteiger partial charge in [-0.15, -0.1) is 10.2 Å². The van der Waals surface area contributed by atoms with Crippen LogP contribution in [0.3, 0.4) is 0 Å². The van der Waals surface area contributed by atoms with Crippen molar-refractivity contribution >= 4 is 24.0 Å². The van der Waals surface area contributed by atoms with Crippen molar-refractivity contribution in [2.75, 3.05) is 0 Å². The molecule has 0 bridgehead atoms. The average molecular weight is 169 g/mol. The molecule has 0 unspecified atom stereocenters. The Bertz CT molecular complexity index is 268. The third-order valence-electron chi connectivity index (χ3n) is 0.998. The lowest BCUT2D eigenvalue weighted by Crippen LogP contribution is -1.84. The van der Waals surface area contributed by atoms with Gasteiger partial charge >= 0.3 is 0 Å². The van der Waals surface area contributed by atoms with Gasteiger partial charge in [-0.2, -0.15) is 0 Å². The summed E-state index contributed by atoms with van der Waals surface area (Å²) in [5, 5.41) is 7.61. The third kappa shape index (κ3) is 2.47. The van der Waals surface area contributed by atoms with Crippen LogP contribution in [0.4, 0.5) is 0 Å². The fourth-order valence-electron chi connectivity index (χ4n) is 0.553. The zero-order valence-electron chi connectivity index (χ0n) is 5.57. The smallest absolute Gasteiger partial charge is 0.151 e. The Morgan fingerprint density at radius 1 is 1.36 bits per heavy atom. The number of nitrogens with zero attached hydrogens (tertiary/aromatic N) is 2. The second-order valence-electron chi connectivity index (χ2n) is 1.78. The van der Waals surface area contributed by atoms with Crippen molar-refractivity contribution < 1.29 is 4.79 Å². The second kappa shape index (κ2) is 3.83. The summed E-state index contributed by atoms with van der Waals surface area (Å²) < 4.78 is 0. The van der Waals surface area contributed by atoms with Crippen molar-refractivity contribution in [3.05, 3.63) is 29.1 Å². The highest BCUT2D eigenvalue weighted by molar-refractivity contribution is 6.29. The van der Waals surface area contributed by atoms with E-state index < -0.39 is 0 Å². The lowest BCUT2D eigenvalue weighted by atomic mass is 10.3. The van der Waals surface area contributed by atoms with E-state index in [4.69, 9.17) is 11.6 Å². The van der Waals surface area contributed by atoms with Gasteiger partial charge in [0.25, 0.3) is 0 Å². The molecule has 1 rings (SSSR count). The molecule has 0 aliphatic rings. The number of allylic oxidation sites excluding steroid dienone is 1. The number of carbonyl (C=O) groups is 1. The lowest BCUT2D eigenvalue weighted by molar-refractivity contribution is -0.104. The molecule has 11 heavy (non-hydrogen) atoms. The highest BCUT2D eigenvalue weighted by Crippen LogP contribution is 2.02. The molecule has 0 aliphatic carbocycles. The maximum atomic E-state index is 9.88. The van der Waals surface area contributed by atoms with E-state index in [0.29, 0.717) is 17.1 Å². The summed E-state index contributed by atoms with van der Waals surface area (Å²) in [6.07, 6.45) is 3.57. The van der Waals surface area contributed by atoms with E-state index in [0.717, 1.165) is 0 Å². The molecule has 1 heterocycles. The largest absolute Gasteiger partial charge is 0.299 e. The quantitative estimate of drug-likeness (QED) is 0.495. The Labute approximate surface area is 68.7 Å². The van der Waals surface area contributed by atoms with Crippen LogP contribution in [0.2, 0.25) is 5.15 Å². The van der Waals surface area contributed by atoms with Gasteiger partial charge < -0.3 is 0 Å². The Morgan fingerprint density at radius 2 is 2.18 bits per heavy atom. The van der Waals surface area contributed by atoms with Crippen molar-refractivity contribution in [1.29, 1.82) is 0 Å². The van der Waals surface area contributed by atoms with Crippen molar-refractivity contribution in [1.82, 2.24) is 10.2 Å². The van der Waals surface area contributed by atoms with Crippen LogP contribution >= 0.6 is 11.6 Å². The van der Waals surface area contributed by atoms with Gasteiger partial charge in [0.2, 0.25) is 0 Å². The van der Waals surface area contributed by atoms with Gasteiger partial charge in [-0.3, -0.25) is 4.79 Å². The minimum absolute atomic E-state index is 0.341. The van der Waals surface area contributed by atoms with E-state index in [2.05, 4.69) is 10.2 Å². The molecule has 0 atom stereocenters. The summed E-state index contributed by atoms with van der Waals surface area (Å²) in [6.45, 7) is 0. The molecule has 3 nitrogen and oxygen atoms in total. The van der Waals surface area contributed by atoms with Crippen molar-refractivity contribution in [2.24, 2.45) is 0 Å². The van der Waals surface area contributed by atoms with Crippen LogP contribution in [0.5, 0.6) is 0 Å². The number of halogens is 1. The van der Waals surface area contributed by atoms with Crippen LogP contribution in [0.1, 0.15) is 5.69 Å². The van der Waals surface area contributed by atoms with Gasteiger partial charge in [0.15, 0.2) is 5.15 Å². The first kappa shape index (κ1) is 7.88. The summed E-state index contributed by atoms with van der Waals surface area (Å²) in [6, 6.07) is 3.29. The average Bonchev–Trinajstić information content (AvgIpc) is 2.04. The molecule has 1 aromatic rings. The summed E-state index contributed by atoms with van der Waals surface area (Å²) >= 11 is 5.48. The number of hydrogen-bond donors (Lipinski definition) is 0. The van der Waals surface area contributed by atoms with Crippen LogP contribution in [0, 0.1) is 0 Å². The second-order valence-corrected chi connectivity index (χ2v) is 2.16. The molecule has 0 aromatic carbocycles. The van der Waals surface area contributed by atoms with Crippen LogP contribution in [-0.4, -0.2) is 16.5 Å². The molecule has 0 saturated heterocycles. The Kier molecular flexibility index (Phi) is 2.74. The molecule has 1 aromatic heterocycles. The number of rotatable bonds is 2. The highest BCUT2D eigenvalue weighted by atomic mass is 35.5. The van der Waals surface area contributed by atoms with Gasteiger partial charge in [-0.25, -0.2) is 0 Å². The highest BCUT2D eigenvalue weighted by Gasteiger charge is 1.88. The summed E-state index contributed by atoms with van der Waals surface area (Å²) in [4.78, 5) is 9.88. The molecule has 0 radical (unpaired) electrons. The molecule has 0 aliphatic heterocycles. The van der Waals surface area contributed by atoms with Gasteiger partial charge in [-0.1, -0.05) is 11.6 Å². The Morgan fingerprint density at radius 3 is 2.73 bits per heavy atom. The topological polar surface area (TPSA) is 42.9 Å². The van der Waals surface area contributed by atoms with Gasteiger partial charge in [0.1, 0.15) is 6.29 Å². The van der Waals surface area contributed by atoms with E-state index in [1.807, 2.05) is 0 Å². The monoisotopic (exact) mass is 168 g/mol. The normalized spacial score (nSPS) is 10.3. The maximum absolute atomic E-state index is 9.88. The van der Waals surface area contributed by atoms with Crippen molar-refractivity contribution in [3.63, 3.8) is 0 Å². The number of hydrogen-bond acceptors (Lipinski definition) is 3. The fourth-order valence-corrected chi connectivity index (χ4v) is 0.654. The zero-order chi connectivity index (χ0) is 8.10. The molecular weight excluding hydrogens is 164 g/mol. The van der Waals surface area contributed by atoms with Crippen LogP contribution in [0.15, 0.2) is 18.2 Å². The van der Waals surface area contributed by atoms with E-state index in [1.165, 1.54) is 6.08 Å². The van der Waals surface area contributed by atoms with Gasteiger partial charge in [0.05, 0.1) is 5.69 Å². The zero-order valence-corrected chi connectivity index (χ0v) is 6.32. The van der Waals surface area contributed by atoms with Crippen molar-refractivity contribution in [3.8, 4) is 0 Å². The van der Waals surface area contributed by atoms with E-state index >= 15 is 0 Å². The summed E-state index contributed by atoms with van der Waals surface area (Å²) in [7, 11) is 0. The molecule has 0 N–H and O–H groups in total. The van der Waals surface area contributed by atoms with Gasteiger partial charge in [0, 0.05) is 0 Å². The molecule has 56 valence electrons. The minimum atomic E-state index is 0.341. The summed E-state index contributed by atoms with van der Waals surface area (Å²) in [5.41, 5.74) is 0.613. The predicted molar refractivity (Wildman–Crippen MR) is 42.1 cm³/mol. The van der Waals surface area contributed by atoms with E-state index in [1.54, 1.807) is 18.2 Å². The Balaban J connectivity index is 2.81. The molecule has 4 heteroatoms. The maximum Gasteiger partial charge on any atom is 0.151 e. The van der Waals surface area contributed by atoms with Gasteiger partial charge in [-0.05, 0) is 24.3 Å². The first-order valence-corrected chi connectivity index (χ1v) is 3.32. The number of aromatic nitrogens is 2. The number of carbonyl (C=O) groups excluding carboxylic acids is 1. The Hall–Kier alpha value is -1.22. The molecule has 0 spiro atoms. The molecule has 0 amide bonds. The minimum Gasteiger partial charge on any atom is -0.299 e. The van der Waals surface area contributed by atoms with Crippen LogP contribution in [0.25, 0.3) is 6.08 Å². The van der Waals surface area contributed by atoms with E-state index in [9.17, 15) is 4.79 Å². The first-order chi connectivity index (χ1) is 5.33. The van der Waals surface area contributed by atoms with Crippen LogP contribution < -0.4 is 0 Å². The summed E-state index contributed by atoms with van der Waals surface area (Å²) in [5.74, 6) is 0. The van der Waals surface area contributed by atoms with E-state index in [-0.39, 0.29) is 0 Å². The lowest BCUT2D eigenvalue weighted by Gasteiger charge is -1.88. The molecule has 0 fully saturated rings. The predicted octanol–water partition coefficient (Wildman–Crippen LogP) is 1.34.